The highest BCUT2D eigenvalue weighted by Crippen LogP contribution is 2.29. The van der Waals surface area contributed by atoms with Crippen LogP contribution in [0, 0.1) is 6.92 Å². The Kier molecular flexibility index (Phi) is 5.92. The highest BCUT2D eigenvalue weighted by molar-refractivity contribution is 7.17. The van der Waals surface area contributed by atoms with E-state index in [2.05, 4.69) is 15.2 Å². The van der Waals surface area contributed by atoms with Gasteiger partial charge in [-0.3, -0.25) is 4.79 Å². The summed E-state index contributed by atoms with van der Waals surface area (Å²) in [6.07, 6.45) is 2.44. The van der Waals surface area contributed by atoms with Crippen LogP contribution in [-0.2, 0) is 9.53 Å². The first-order valence-electron chi connectivity index (χ1n) is 9.42. The van der Waals surface area contributed by atoms with Crippen molar-refractivity contribution in [1.29, 1.82) is 0 Å². The maximum Gasteiger partial charge on any atom is 0.350 e. The normalized spacial score (nSPS) is 13.5. The molecule has 6 nitrogen and oxygen atoms in total. The van der Waals surface area contributed by atoms with Crippen LogP contribution < -0.4 is 10.2 Å². The molecule has 1 aromatic carbocycles. The molecule has 1 saturated heterocycles. The molecule has 0 spiro atoms. The quantitative estimate of drug-likeness (QED) is 0.583. The first-order valence-corrected chi connectivity index (χ1v) is 11.2. The number of ether oxygens (including phenoxy) is 1. The second-order valence-corrected chi connectivity index (χ2v) is 8.59. The first kappa shape index (κ1) is 19.6. The third kappa shape index (κ3) is 4.65. The average molecular weight is 428 g/mol. The Labute approximate surface area is 177 Å². The van der Waals surface area contributed by atoms with E-state index >= 15 is 0 Å². The van der Waals surface area contributed by atoms with Crippen molar-refractivity contribution in [3.63, 3.8) is 0 Å². The Morgan fingerprint density at radius 1 is 1.17 bits per heavy atom. The minimum atomic E-state index is -0.527. The lowest BCUT2D eigenvalue weighted by molar-refractivity contribution is -0.119. The molecule has 0 aliphatic carbocycles. The fraction of sp³-hybridized carbons (Fsp3) is 0.286. The van der Waals surface area contributed by atoms with Gasteiger partial charge in [0.15, 0.2) is 6.61 Å². The van der Waals surface area contributed by atoms with E-state index in [-0.39, 0.29) is 12.5 Å². The minimum absolute atomic E-state index is 0.335. The summed E-state index contributed by atoms with van der Waals surface area (Å²) >= 11 is 2.85. The van der Waals surface area contributed by atoms with Crippen LogP contribution in [0.2, 0.25) is 0 Å². The number of rotatable bonds is 6. The van der Waals surface area contributed by atoms with Gasteiger partial charge in [0.25, 0.3) is 5.91 Å². The van der Waals surface area contributed by atoms with Crippen molar-refractivity contribution in [2.45, 2.75) is 19.8 Å². The second-order valence-electron chi connectivity index (χ2n) is 6.81. The van der Waals surface area contributed by atoms with Crippen LogP contribution in [0.25, 0.3) is 10.6 Å². The zero-order chi connectivity index (χ0) is 20.2. The van der Waals surface area contributed by atoms with Crippen molar-refractivity contribution in [1.82, 2.24) is 4.98 Å². The van der Waals surface area contributed by atoms with Crippen molar-refractivity contribution < 1.29 is 14.3 Å². The van der Waals surface area contributed by atoms with Gasteiger partial charge in [0.05, 0.1) is 5.69 Å². The number of thiophene rings is 1. The van der Waals surface area contributed by atoms with Crippen molar-refractivity contribution in [3.8, 4) is 10.6 Å². The minimum Gasteiger partial charge on any atom is -0.451 e. The van der Waals surface area contributed by atoms with E-state index in [0.717, 1.165) is 29.3 Å². The zero-order valence-electron chi connectivity index (χ0n) is 16.0. The number of carbonyl (C=O) groups excluding carboxylic acids is 2. The summed E-state index contributed by atoms with van der Waals surface area (Å²) in [5, 5.41) is 7.49. The molecule has 4 rings (SSSR count). The number of amides is 1. The zero-order valence-corrected chi connectivity index (χ0v) is 17.6. The van der Waals surface area contributed by atoms with Gasteiger partial charge in [-0.15, -0.1) is 11.3 Å². The molecule has 1 aliphatic heterocycles. The molecule has 0 atom stereocenters. The lowest BCUT2D eigenvalue weighted by Gasteiger charge is -2.17. The van der Waals surface area contributed by atoms with E-state index in [4.69, 9.17) is 4.74 Å². The number of benzene rings is 1. The number of aryl methyl sites for hydroxylation is 1. The Balaban J connectivity index is 1.31. The van der Waals surface area contributed by atoms with E-state index < -0.39 is 5.97 Å². The molecular weight excluding hydrogens is 406 g/mol. The molecule has 1 N–H and O–H groups in total. The summed E-state index contributed by atoms with van der Waals surface area (Å²) in [4.78, 5) is 31.7. The molecule has 0 radical (unpaired) electrons. The van der Waals surface area contributed by atoms with E-state index in [9.17, 15) is 9.59 Å². The molecule has 3 heterocycles. The van der Waals surface area contributed by atoms with Gasteiger partial charge in [-0.25, -0.2) is 9.78 Å². The lowest BCUT2D eigenvalue weighted by atomic mass is 10.2. The first-order chi connectivity index (χ1) is 14.1. The highest BCUT2D eigenvalue weighted by atomic mass is 32.1. The molecule has 8 heteroatoms. The van der Waals surface area contributed by atoms with Crippen LogP contribution in [-0.4, -0.2) is 36.6 Å². The summed E-state index contributed by atoms with van der Waals surface area (Å²) in [5.74, 6) is -0.895. The Morgan fingerprint density at radius 2 is 1.93 bits per heavy atom. The number of aromatic nitrogens is 1. The van der Waals surface area contributed by atoms with Crippen LogP contribution in [0.15, 0.2) is 41.1 Å². The summed E-state index contributed by atoms with van der Waals surface area (Å²) in [7, 11) is 0. The summed E-state index contributed by atoms with van der Waals surface area (Å²) < 4.78 is 5.19. The van der Waals surface area contributed by atoms with E-state index in [1.807, 2.05) is 41.1 Å². The van der Waals surface area contributed by atoms with Gasteiger partial charge < -0.3 is 15.0 Å². The van der Waals surface area contributed by atoms with Gasteiger partial charge in [-0.2, -0.15) is 11.3 Å². The molecule has 1 fully saturated rings. The predicted octanol–water partition coefficient (Wildman–Crippen LogP) is 4.58. The average Bonchev–Trinajstić information content (AvgIpc) is 3.48. The van der Waals surface area contributed by atoms with Gasteiger partial charge >= 0.3 is 5.97 Å². The Bertz CT molecular complexity index is 991. The van der Waals surface area contributed by atoms with Crippen molar-refractivity contribution in [2.75, 3.05) is 29.9 Å². The van der Waals surface area contributed by atoms with Crippen molar-refractivity contribution in [2.24, 2.45) is 0 Å². The summed E-state index contributed by atoms with van der Waals surface area (Å²) in [6.45, 7) is 3.59. The SMILES string of the molecule is Cc1nc(-c2ccsc2)sc1C(=O)OCC(=O)Nc1ccc(N2CCCC2)cc1. The van der Waals surface area contributed by atoms with E-state index in [1.165, 1.54) is 24.2 Å². The molecule has 150 valence electrons. The maximum atomic E-state index is 12.4. The van der Waals surface area contributed by atoms with Gasteiger partial charge in [-0.1, -0.05) is 0 Å². The molecule has 0 unspecified atom stereocenters. The molecule has 1 aliphatic rings. The molecule has 29 heavy (non-hydrogen) atoms. The van der Waals surface area contributed by atoms with Gasteiger partial charge in [0.1, 0.15) is 9.88 Å². The molecule has 1 amide bonds. The van der Waals surface area contributed by atoms with Gasteiger partial charge in [0, 0.05) is 35.4 Å². The maximum absolute atomic E-state index is 12.4. The molecule has 0 saturated carbocycles. The summed E-state index contributed by atoms with van der Waals surface area (Å²) in [5.41, 5.74) is 3.44. The fourth-order valence-electron chi connectivity index (χ4n) is 3.22. The molecule has 3 aromatic rings. The molecule has 0 bridgehead atoms. The number of hydrogen-bond donors (Lipinski definition) is 1. The van der Waals surface area contributed by atoms with Crippen LogP contribution in [0.5, 0.6) is 0 Å². The van der Waals surface area contributed by atoms with Gasteiger partial charge in [0.2, 0.25) is 0 Å². The number of anilines is 2. The van der Waals surface area contributed by atoms with Crippen molar-refractivity contribution in [3.05, 3.63) is 51.7 Å². The Hall–Kier alpha value is -2.71. The topological polar surface area (TPSA) is 71.5 Å². The predicted molar refractivity (Wildman–Crippen MR) is 117 cm³/mol. The fourth-order valence-corrected chi connectivity index (χ4v) is 4.89. The second kappa shape index (κ2) is 8.75. The smallest absolute Gasteiger partial charge is 0.350 e. The lowest BCUT2D eigenvalue weighted by Crippen LogP contribution is -2.21. The van der Waals surface area contributed by atoms with E-state index in [1.54, 1.807) is 18.3 Å². The van der Waals surface area contributed by atoms with Crippen LogP contribution in [0.1, 0.15) is 28.2 Å². The van der Waals surface area contributed by atoms with Gasteiger partial charge in [-0.05, 0) is 55.5 Å². The van der Waals surface area contributed by atoms with Crippen LogP contribution in [0.4, 0.5) is 11.4 Å². The number of nitrogens with zero attached hydrogens (tertiary/aromatic N) is 2. The van der Waals surface area contributed by atoms with Crippen molar-refractivity contribution >= 4 is 45.9 Å². The number of carbonyl (C=O) groups is 2. The standard InChI is InChI=1S/C21H21N3O3S2/c1-14-19(29-20(22-14)15-8-11-28-13-15)21(26)27-12-18(25)23-16-4-6-17(7-5-16)24-9-2-3-10-24/h4-8,11,13H,2-3,9-10,12H2,1H3,(H,23,25). The van der Waals surface area contributed by atoms with Crippen LogP contribution >= 0.6 is 22.7 Å². The van der Waals surface area contributed by atoms with E-state index in [0.29, 0.717) is 16.3 Å². The molecule has 2 aromatic heterocycles. The monoisotopic (exact) mass is 427 g/mol. The van der Waals surface area contributed by atoms with Crippen LogP contribution in [0.3, 0.4) is 0 Å². The number of thiazole rings is 1. The summed E-state index contributed by atoms with van der Waals surface area (Å²) in [6, 6.07) is 9.70. The highest BCUT2D eigenvalue weighted by Gasteiger charge is 2.19. The third-order valence-electron chi connectivity index (χ3n) is 4.71. The Morgan fingerprint density at radius 3 is 2.62 bits per heavy atom. The number of hydrogen-bond acceptors (Lipinski definition) is 7. The largest absolute Gasteiger partial charge is 0.451 e. The third-order valence-corrected chi connectivity index (χ3v) is 6.58. The number of nitrogens with one attached hydrogen (secondary N) is 1. The number of esters is 1. The molecular formula is C21H21N3O3S2.